The number of anilines is 1. The zero-order valence-corrected chi connectivity index (χ0v) is 17.4. The molecule has 31 heavy (non-hydrogen) atoms. The SMILES string of the molecule is Fc1ccc(N2CC[NH+]([C@H](c3ccccc3F)c3nnnn3C3CCCC3)CC2)cc1. The minimum Gasteiger partial charge on any atom is -0.360 e. The van der Waals surface area contributed by atoms with Gasteiger partial charge in [0.05, 0.1) is 37.8 Å². The van der Waals surface area contributed by atoms with Crippen LogP contribution in [0.25, 0.3) is 0 Å². The van der Waals surface area contributed by atoms with Crippen LogP contribution < -0.4 is 9.80 Å². The molecule has 0 spiro atoms. The molecule has 0 bridgehead atoms. The molecular formula is C23H27F2N6+. The summed E-state index contributed by atoms with van der Waals surface area (Å²) in [7, 11) is 0. The summed E-state index contributed by atoms with van der Waals surface area (Å²) in [4.78, 5) is 3.50. The highest BCUT2D eigenvalue weighted by atomic mass is 19.1. The summed E-state index contributed by atoms with van der Waals surface area (Å²) >= 11 is 0. The Kier molecular flexibility index (Phi) is 5.63. The zero-order chi connectivity index (χ0) is 21.2. The van der Waals surface area contributed by atoms with Crippen LogP contribution in [0.1, 0.15) is 49.2 Å². The second kappa shape index (κ2) is 8.70. The molecule has 1 saturated carbocycles. The Morgan fingerprint density at radius 2 is 1.65 bits per heavy atom. The Bertz CT molecular complexity index is 1010. The molecule has 162 valence electrons. The fourth-order valence-corrected chi connectivity index (χ4v) is 5.04. The second-order valence-corrected chi connectivity index (χ2v) is 8.50. The van der Waals surface area contributed by atoms with Crippen molar-refractivity contribution in [3.63, 3.8) is 0 Å². The van der Waals surface area contributed by atoms with Crippen LogP contribution in [-0.4, -0.2) is 46.4 Å². The van der Waals surface area contributed by atoms with Crippen molar-refractivity contribution in [1.82, 2.24) is 20.2 Å². The molecular weight excluding hydrogens is 398 g/mol. The van der Waals surface area contributed by atoms with E-state index in [0.29, 0.717) is 11.6 Å². The molecule has 8 heteroatoms. The van der Waals surface area contributed by atoms with Crippen molar-refractivity contribution in [2.24, 2.45) is 0 Å². The van der Waals surface area contributed by atoms with Crippen LogP contribution in [0.5, 0.6) is 0 Å². The maximum absolute atomic E-state index is 14.9. The lowest BCUT2D eigenvalue weighted by Crippen LogP contribution is -3.15. The third-order valence-electron chi connectivity index (χ3n) is 6.67. The normalized spacial score (nSPS) is 19.1. The number of aromatic nitrogens is 4. The molecule has 0 radical (unpaired) electrons. The number of halogens is 2. The highest BCUT2D eigenvalue weighted by Crippen LogP contribution is 2.31. The maximum Gasteiger partial charge on any atom is 0.214 e. The monoisotopic (exact) mass is 425 g/mol. The summed E-state index contributed by atoms with van der Waals surface area (Å²) in [6, 6.07) is 13.6. The van der Waals surface area contributed by atoms with Crippen molar-refractivity contribution in [2.75, 3.05) is 31.1 Å². The predicted molar refractivity (Wildman–Crippen MR) is 113 cm³/mol. The van der Waals surface area contributed by atoms with Crippen molar-refractivity contribution in [3.8, 4) is 0 Å². The Morgan fingerprint density at radius 1 is 0.935 bits per heavy atom. The van der Waals surface area contributed by atoms with E-state index in [-0.39, 0.29) is 17.7 Å². The van der Waals surface area contributed by atoms with E-state index in [9.17, 15) is 8.78 Å². The molecule has 2 aromatic carbocycles. The largest absolute Gasteiger partial charge is 0.360 e. The molecule has 1 N–H and O–H groups in total. The van der Waals surface area contributed by atoms with E-state index >= 15 is 0 Å². The van der Waals surface area contributed by atoms with Gasteiger partial charge in [-0.3, -0.25) is 0 Å². The summed E-state index contributed by atoms with van der Waals surface area (Å²) in [5.41, 5.74) is 1.65. The van der Waals surface area contributed by atoms with Gasteiger partial charge in [0.25, 0.3) is 0 Å². The predicted octanol–water partition coefficient (Wildman–Crippen LogP) is 2.56. The van der Waals surface area contributed by atoms with Gasteiger partial charge < -0.3 is 9.80 Å². The fraction of sp³-hybridized carbons (Fsp3) is 0.435. The van der Waals surface area contributed by atoms with Crippen LogP contribution in [0.15, 0.2) is 48.5 Å². The van der Waals surface area contributed by atoms with Gasteiger partial charge in [0.2, 0.25) is 5.82 Å². The molecule has 1 aliphatic heterocycles. The van der Waals surface area contributed by atoms with E-state index in [0.717, 1.165) is 50.5 Å². The number of tetrazole rings is 1. The van der Waals surface area contributed by atoms with Crippen LogP contribution in [-0.2, 0) is 0 Å². The molecule has 1 aliphatic carbocycles. The Morgan fingerprint density at radius 3 is 2.35 bits per heavy atom. The molecule has 1 atom stereocenters. The van der Waals surface area contributed by atoms with Crippen LogP contribution >= 0.6 is 0 Å². The maximum atomic E-state index is 14.9. The molecule has 1 saturated heterocycles. The standard InChI is InChI=1S/C23H26F2N6/c24-17-9-11-18(12-10-17)29-13-15-30(16-14-29)22(20-7-3-4-8-21(20)25)23-26-27-28-31(23)19-5-1-2-6-19/h3-4,7-12,19,22H,1-2,5-6,13-16H2/p+1/t22-/m1/s1. The second-order valence-electron chi connectivity index (χ2n) is 8.50. The minimum atomic E-state index is -0.257. The van der Waals surface area contributed by atoms with Gasteiger partial charge in [0.1, 0.15) is 11.6 Å². The average Bonchev–Trinajstić information content (AvgIpc) is 3.48. The number of nitrogens with one attached hydrogen (secondary N) is 1. The summed E-state index contributed by atoms with van der Waals surface area (Å²) in [6.45, 7) is 3.23. The Hall–Kier alpha value is -2.87. The van der Waals surface area contributed by atoms with Gasteiger partial charge in [-0.2, -0.15) is 0 Å². The molecule has 1 aromatic heterocycles. The first kappa shape index (κ1) is 20.1. The van der Waals surface area contributed by atoms with Gasteiger partial charge in [-0.05, 0) is 59.7 Å². The smallest absolute Gasteiger partial charge is 0.214 e. The van der Waals surface area contributed by atoms with Gasteiger partial charge in [-0.15, -0.1) is 5.10 Å². The van der Waals surface area contributed by atoms with E-state index in [1.165, 1.54) is 35.9 Å². The molecule has 2 aliphatic rings. The number of nitrogens with zero attached hydrogens (tertiary/aromatic N) is 5. The summed E-state index contributed by atoms with van der Waals surface area (Å²) in [6.07, 6.45) is 4.49. The first-order valence-corrected chi connectivity index (χ1v) is 11.1. The van der Waals surface area contributed by atoms with Crippen LogP contribution in [0, 0.1) is 11.6 Å². The quantitative estimate of drug-likeness (QED) is 0.683. The fourth-order valence-electron chi connectivity index (χ4n) is 5.04. The molecule has 3 aromatic rings. The van der Waals surface area contributed by atoms with Crippen molar-refractivity contribution in [2.45, 2.75) is 37.8 Å². The van der Waals surface area contributed by atoms with E-state index in [1.54, 1.807) is 6.07 Å². The van der Waals surface area contributed by atoms with Crippen LogP contribution in [0.4, 0.5) is 14.5 Å². The van der Waals surface area contributed by atoms with E-state index in [1.807, 2.05) is 28.9 Å². The van der Waals surface area contributed by atoms with Crippen molar-refractivity contribution in [1.29, 1.82) is 0 Å². The van der Waals surface area contributed by atoms with Crippen molar-refractivity contribution < 1.29 is 13.7 Å². The summed E-state index contributed by atoms with van der Waals surface area (Å²) in [5, 5.41) is 12.7. The number of hydrogen-bond donors (Lipinski definition) is 1. The topological polar surface area (TPSA) is 51.3 Å². The minimum absolute atomic E-state index is 0.220. The number of benzene rings is 2. The number of quaternary nitrogens is 1. The van der Waals surface area contributed by atoms with Gasteiger partial charge in [-0.1, -0.05) is 25.0 Å². The molecule has 0 unspecified atom stereocenters. The van der Waals surface area contributed by atoms with Crippen molar-refractivity contribution in [3.05, 3.63) is 71.6 Å². The van der Waals surface area contributed by atoms with Crippen molar-refractivity contribution >= 4 is 5.69 Å². The van der Waals surface area contributed by atoms with E-state index in [2.05, 4.69) is 20.4 Å². The number of rotatable bonds is 5. The molecule has 0 amide bonds. The van der Waals surface area contributed by atoms with Crippen LogP contribution in [0.2, 0.25) is 0 Å². The lowest BCUT2D eigenvalue weighted by molar-refractivity contribution is -0.927. The highest BCUT2D eigenvalue weighted by molar-refractivity contribution is 5.46. The van der Waals surface area contributed by atoms with E-state index < -0.39 is 0 Å². The highest BCUT2D eigenvalue weighted by Gasteiger charge is 2.37. The first-order valence-electron chi connectivity index (χ1n) is 11.1. The zero-order valence-electron chi connectivity index (χ0n) is 17.4. The van der Waals surface area contributed by atoms with Gasteiger partial charge >= 0.3 is 0 Å². The average molecular weight is 426 g/mol. The van der Waals surface area contributed by atoms with Crippen LogP contribution in [0.3, 0.4) is 0 Å². The van der Waals surface area contributed by atoms with Gasteiger partial charge in [0, 0.05) is 5.69 Å². The number of piperazine rings is 1. The first-order chi connectivity index (χ1) is 15.2. The molecule has 2 heterocycles. The third kappa shape index (κ3) is 4.04. The number of hydrogen-bond acceptors (Lipinski definition) is 4. The lowest BCUT2D eigenvalue weighted by Gasteiger charge is -2.37. The lowest BCUT2D eigenvalue weighted by atomic mass is 10.0. The molecule has 2 fully saturated rings. The molecule has 5 rings (SSSR count). The Labute approximate surface area is 180 Å². The summed E-state index contributed by atoms with van der Waals surface area (Å²) in [5.74, 6) is 0.301. The van der Waals surface area contributed by atoms with Gasteiger partial charge in [-0.25, -0.2) is 13.5 Å². The van der Waals surface area contributed by atoms with E-state index in [4.69, 9.17) is 0 Å². The Balaban J connectivity index is 1.43. The third-order valence-corrected chi connectivity index (χ3v) is 6.67. The van der Waals surface area contributed by atoms with Gasteiger partial charge in [0.15, 0.2) is 6.04 Å². The molecule has 6 nitrogen and oxygen atoms in total. The summed E-state index contributed by atoms with van der Waals surface area (Å²) < 4.78 is 30.2.